The number of carboxylic acid groups (broad SMARTS) is 1. The number of alkyl carbamates (subject to hydrolysis) is 1. The lowest BCUT2D eigenvalue weighted by atomic mass is 9.80. The van der Waals surface area contributed by atoms with Gasteiger partial charge in [0.15, 0.2) is 0 Å². The molecule has 1 fully saturated rings. The van der Waals surface area contributed by atoms with Crippen LogP contribution in [0.15, 0.2) is 78.9 Å². The SMILES string of the molecule is O=C(O)CCN(Cc1ccccc1)C(=O)C1CCCC(CNC(=O)OCC2c3ccccc3-c3ccccc32)C1. The van der Waals surface area contributed by atoms with E-state index in [2.05, 4.69) is 29.6 Å². The van der Waals surface area contributed by atoms with Gasteiger partial charge < -0.3 is 20.1 Å². The minimum absolute atomic E-state index is 0.00376. The molecule has 3 aromatic carbocycles. The molecule has 0 aliphatic heterocycles. The summed E-state index contributed by atoms with van der Waals surface area (Å²) in [5.74, 6) is -0.923. The highest BCUT2D eigenvalue weighted by molar-refractivity contribution is 5.80. The molecule has 208 valence electrons. The molecule has 0 heterocycles. The van der Waals surface area contributed by atoms with E-state index in [0.29, 0.717) is 19.5 Å². The van der Waals surface area contributed by atoms with E-state index in [1.807, 2.05) is 54.6 Å². The van der Waals surface area contributed by atoms with E-state index >= 15 is 0 Å². The van der Waals surface area contributed by atoms with Gasteiger partial charge in [0.05, 0.1) is 6.42 Å². The van der Waals surface area contributed by atoms with Crippen LogP contribution in [0.4, 0.5) is 4.79 Å². The van der Waals surface area contributed by atoms with Crippen molar-refractivity contribution in [3.05, 3.63) is 95.6 Å². The Balaban J connectivity index is 1.14. The van der Waals surface area contributed by atoms with Gasteiger partial charge in [0.25, 0.3) is 0 Å². The molecule has 2 unspecified atom stereocenters. The Kier molecular flexibility index (Phi) is 8.79. The molecule has 3 aromatic rings. The van der Waals surface area contributed by atoms with Gasteiger partial charge in [-0.05, 0) is 53.0 Å². The molecule has 0 saturated heterocycles. The van der Waals surface area contributed by atoms with Crippen LogP contribution in [0, 0.1) is 11.8 Å². The molecule has 40 heavy (non-hydrogen) atoms. The van der Waals surface area contributed by atoms with Crippen LogP contribution in [-0.4, -0.2) is 47.7 Å². The second-order valence-corrected chi connectivity index (χ2v) is 10.8. The molecule has 5 rings (SSSR count). The summed E-state index contributed by atoms with van der Waals surface area (Å²) in [6.07, 6.45) is 2.74. The van der Waals surface area contributed by atoms with E-state index in [4.69, 9.17) is 4.74 Å². The van der Waals surface area contributed by atoms with Gasteiger partial charge in [-0.25, -0.2) is 4.79 Å². The summed E-state index contributed by atoms with van der Waals surface area (Å²) < 4.78 is 5.68. The van der Waals surface area contributed by atoms with Crippen LogP contribution in [0.3, 0.4) is 0 Å². The minimum atomic E-state index is -0.917. The van der Waals surface area contributed by atoms with Crippen LogP contribution >= 0.6 is 0 Å². The molecule has 7 nitrogen and oxygen atoms in total. The Hall–Kier alpha value is -4.13. The number of fused-ring (bicyclic) bond motifs is 3. The molecule has 2 N–H and O–H groups in total. The fourth-order valence-electron chi connectivity index (χ4n) is 6.14. The monoisotopic (exact) mass is 540 g/mol. The molecule has 2 aliphatic rings. The summed E-state index contributed by atoms with van der Waals surface area (Å²) in [4.78, 5) is 39.0. The maximum atomic E-state index is 13.5. The second kappa shape index (κ2) is 12.8. The minimum Gasteiger partial charge on any atom is -0.481 e. The first kappa shape index (κ1) is 27.4. The molecule has 1 saturated carbocycles. The van der Waals surface area contributed by atoms with Crippen molar-refractivity contribution in [3.63, 3.8) is 0 Å². The van der Waals surface area contributed by atoms with Gasteiger partial charge in [-0.2, -0.15) is 0 Å². The molecule has 7 heteroatoms. The van der Waals surface area contributed by atoms with Gasteiger partial charge in [-0.1, -0.05) is 85.3 Å². The van der Waals surface area contributed by atoms with Crippen molar-refractivity contribution in [1.29, 1.82) is 0 Å². The maximum Gasteiger partial charge on any atom is 0.407 e. The topological polar surface area (TPSA) is 95.9 Å². The molecule has 0 spiro atoms. The van der Waals surface area contributed by atoms with E-state index in [9.17, 15) is 19.5 Å². The van der Waals surface area contributed by atoms with Gasteiger partial charge in [0, 0.05) is 31.5 Å². The number of carbonyl (C=O) groups excluding carboxylic acids is 2. The second-order valence-electron chi connectivity index (χ2n) is 10.8. The number of carboxylic acids is 1. The number of nitrogens with one attached hydrogen (secondary N) is 1. The zero-order valence-electron chi connectivity index (χ0n) is 22.6. The van der Waals surface area contributed by atoms with E-state index in [1.54, 1.807) is 4.90 Å². The van der Waals surface area contributed by atoms with E-state index in [1.165, 1.54) is 22.3 Å². The summed E-state index contributed by atoms with van der Waals surface area (Å²) in [5, 5.41) is 12.1. The zero-order valence-corrected chi connectivity index (χ0v) is 22.6. The first-order valence-electron chi connectivity index (χ1n) is 14.1. The third-order valence-corrected chi connectivity index (χ3v) is 8.13. The van der Waals surface area contributed by atoms with E-state index in [0.717, 1.165) is 24.8 Å². The number of benzene rings is 3. The van der Waals surface area contributed by atoms with Gasteiger partial charge in [0.2, 0.25) is 5.91 Å². The lowest BCUT2D eigenvalue weighted by Gasteiger charge is -2.33. The highest BCUT2D eigenvalue weighted by Gasteiger charge is 2.32. The van der Waals surface area contributed by atoms with Crippen molar-refractivity contribution in [2.24, 2.45) is 11.8 Å². The van der Waals surface area contributed by atoms with E-state index in [-0.39, 0.29) is 43.2 Å². The van der Waals surface area contributed by atoms with Gasteiger partial charge in [0.1, 0.15) is 6.61 Å². The number of rotatable bonds is 10. The summed E-state index contributed by atoms with van der Waals surface area (Å²) in [6, 6.07) is 26.1. The lowest BCUT2D eigenvalue weighted by Crippen LogP contribution is -2.40. The Bertz CT molecular complexity index is 1300. The Labute approximate surface area is 235 Å². The Morgan fingerprint density at radius 1 is 0.875 bits per heavy atom. The van der Waals surface area contributed by atoms with Crippen LogP contribution in [0.25, 0.3) is 11.1 Å². The lowest BCUT2D eigenvalue weighted by molar-refractivity contribution is -0.141. The van der Waals surface area contributed by atoms with Crippen LogP contribution in [0.2, 0.25) is 0 Å². The summed E-state index contributed by atoms with van der Waals surface area (Å²) in [5.41, 5.74) is 5.70. The van der Waals surface area contributed by atoms with Gasteiger partial charge >= 0.3 is 12.1 Å². The molecular formula is C33H36N2O5. The van der Waals surface area contributed by atoms with E-state index < -0.39 is 12.1 Å². The predicted molar refractivity (Wildman–Crippen MR) is 153 cm³/mol. The number of ether oxygens (including phenoxy) is 1. The van der Waals surface area contributed by atoms with Crippen LogP contribution in [0.5, 0.6) is 0 Å². The normalized spacial score (nSPS) is 17.9. The fourth-order valence-corrected chi connectivity index (χ4v) is 6.14. The number of aliphatic carboxylic acids is 1. The van der Waals surface area contributed by atoms with Crippen molar-refractivity contribution in [2.45, 2.75) is 44.6 Å². The zero-order chi connectivity index (χ0) is 27.9. The summed E-state index contributed by atoms with van der Waals surface area (Å²) >= 11 is 0. The van der Waals surface area contributed by atoms with Crippen molar-refractivity contribution < 1.29 is 24.2 Å². The highest BCUT2D eigenvalue weighted by atomic mass is 16.5. The van der Waals surface area contributed by atoms with Crippen molar-refractivity contribution in [3.8, 4) is 11.1 Å². The summed E-state index contributed by atoms with van der Waals surface area (Å²) in [7, 11) is 0. The standard InChI is InChI=1S/C33H36N2O5/c36-31(37)17-18-35(21-23-9-2-1-3-10-23)32(38)25-12-8-11-24(19-25)20-34-33(39)40-22-30-28-15-6-4-13-26(28)27-14-5-7-16-29(27)30/h1-7,9-10,13-16,24-25,30H,8,11-12,17-22H2,(H,34,39)(H,36,37). The fraction of sp³-hybridized carbons (Fsp3) is 0.364. The van der Waals surface area contributed by atoms with Crippen LogP contribution < -0.4 is 5.32 Å². The first-order chi connectivity index (χ1) is 19.5. The molecule has 0 aromatic heterocycles. The smallest absolute Gasteiger partial charge is 0.407 e. The number of hydrogen-bond donors (Lipinski definition) is 2. The molecule has 0 bridgehead atoms. The number of hydrogen-bond acceptors (Lipinski definition) is 4. The molecule has 2 amide bonds. The average Bonchev–Trinajstić information content (AvgIpc) is 3.31. The summed E-state index contributed by atoms with van der Waals surface area (Å²) in [6.45, 7) is 1.30. The predicted octanol–water partition coefficient (Wildman–Crippen LogP) is 5.84. The Morgan fingerprint density at radius 3 is 2.20 bits per heavy atom. The van der Waals surface area contributed by atoms with Crippen LogP contribution in [0.1, 0.15) is 54.7 Å². The Morgan fingerprint density at radius 2 is 1.52 bits per heavy atom. The average molecular weight is 541 g/mol. The highest BCUT2D eigenvalue weighted by Crippen LogP contribution is 2.44. The molecule has 0 radical (unpaired) electrons. The number of nitrogens with zero attached hydrogens (tertiary/aromatic N) is 1. The number of amides is 2. The molecular weight excluding hydrogens is 504 g/mol. The quantitative estimate of drug-likeness (QED) is 0.337. The third kappa shape index (κ3) is 6.53. The first-order valence-corrected chi connectivity index (χ1v) is 14.1. The van der Waals surface area contributed by atoms with Gasteiger partial charge in [-0.3, -0.25) is 9.59 Å². The largest absolute Gasteiger partial charge is 0.481 e. The number of carbonyl (C=O) groups is 3. The molecule has 2 atom stereocenters. The maximum absolute atomic E-state index is 13.5. The van der Waals surface area contributed by atoms with Crippen LogP contribution in [-0.2, 0) is 20.9 Å². The molecule has 2 aliphatic carbocycles. The van der Waals surface area contributed by atoms with Crippen molar-refractivity contribution in [2.75, 3.05) is 19.7 Å². The van der Waals surface area contributed by atoms with Crippen molar-refractivity contribution in [1.82, 2.24) is 10.2 Å². The van der Waals surface area contributed by atoms with Crippen molar-refractivity contribution >= 4 is 18.0 Å². The van der Waals surface area contributed by atoms with Gasteiger partial charge in [-0.15, -0.1) is 0 Å². The third-order valence-electron chi connectivity index (χ3n) is 8.13.